The molecule has 1 aromatic carbocycles. The summed E-state index contributed by atoms with van der Waals surface area (Å²) in [5.74, 6) is 0.284. The Hall–Kier alpha value is -1.31. The predicted octanol–water partition coefficient (Wildman–Crippen LogP) is 4.62. The fraction of sp³-hybridized carbons (Fsp3) is 0.611. The topological polar surface area (TPSA) is 20.3 Å². The van der Waals surface area contributed by atoms with E-state index in [1.165, 1.54) is 16.7 Å². The second-order valence-electron chi connectivity index (χ2n) is 5.83. The van der Waals surface area contributed by atoms with Crippen molar-refractivity contribution >= 4 is 5.91 Å². The number of nitrogens with zero attached hydrogens (tertiary/aromatic N) is 1. The molecular formula is C18H29NO. The summed E-state index contributed by atoms with van der Waals surface area (Å²) >= 11 is 0. The third-order valence-electron chi connectivity index (χ3n) is 3.95. The first-order valence-corrected chi connectivity index (χ1v) is 7.85. The molecule has 1 amide bonds. The molecule has 20 heavy (non-hydrogen) atoms. The lowest BCUT2D eigenvalue weighted by Gasteiger charge is -2.29. The Labute approximate surface area is 124 Å². The number of hydrogen-bond acceptors (Lipinski definition) is 1. The second kappa shape index (κ2) is 8.08. The molecule has 0 aliphatic heterocycles. The molecule has 0 spiro atoms. The van der Waals surface area contributed by atoms with Crippen LogP contribution in [0, 0.1) is 13.8 Å². The largest absolute Gasteiger partial charge is 0.336 e. The Morgan fingerprint density at radius 1 is 1.15 bits per heavy atom. The average Bonchev–Trinajstić information content (AvgIpc) is 2.40. The quantitative estimate of drug-likeness (QED) is 0.711. The maximum atomic E-state index is 12.3. The molecule has 0 radical (unpaired) electrons. The Morgan fingerprint density at radius 3 is 2.40 bits per heavy atom. The highest BCUT2D eigenvalue weighted by Gasteiger charge is 2.19. The van der Waals surface area contributed by atoms with Crippen LogP contribution in [0.4, 0.5) is 0 Å². The van der Waals surface area contributed by atoms with Crippen LogP contribution in [-0.4, -0.2) is 16.8 Å². The third kappa shape index (κ3) is 4.66. The van der Waals surface area contributed by atoms with E-state index in [2.05, 4.69) is 57.7 Å². The lowest BCUT2D eigenvalue weighted by Crippen LogP contribution is -2.37. The van der Waals surface area contributed by atoms with E-state index in [-0.39, 0.29) is 5.91 Å². The number of carbonyl (C=O) groups excluding carboxylic acids is 1. The van der Waals surface area contributed by atoms with Crippen molar-refractivity contribution in [2.75, 3.05) is 0 Å². The van der Waals surface area contributed by atoms with Gasteiger partial charge in [0.05, 0.1) is 0 Å². The molecule has 0 aromatic heterocycles. The van der Waals surface area contributed by atoms with Gasteiger partial charge in [0, 0.05) is 19.0 Å². The van der Waals surface area contributed by atoms with Gasteiger partial charge in [-0.15, -0.1) is 0 Å². The summed E-state index contributed by atoms with van der Waals surface area (Å²) < 4.78 is 0. The number of rotatable bonds is 7. The van der Waals surface area contributed by atoms with Gasteiger partial charge in [-0.25, -0.2) is 0 Å². The summed E-state index contributed by atoms with van der Waals surface area (Å²) in [4.78, 5) is 14.4. The van der Waals surface area contributed by atoms with Gasteiger partial charge in [0.25, 0.3) is 0 Å². The summed E-state index contributed by atoms with van der Waals surface area (Å²) in [7, 11) is 0. The maximum Gasteiger partial charge on any atom is 0.223 e. The van der Waals surface area contributed by atoms with E-state index in [0.717, 1.165) is 25.8 Å². The van der Waals surface area contributed by atoms with Crippen LogP contribution in [0.3, 0.4) is 0 Å². The minimum atomic E-state index is 0.284. The Bertz CT molecular complexity index is 439. The zero-order valence-corrected chi connectivity index (χ0v) is 13.7. The van der Waals surface area contributed by atoms with Crippen LogP contribution in [-0.2, 0) is 11.3 Å². The molecule has 112 valence electrons. The van der Waals surface area contributed by atoms with Crippen molar-refractivity contribution in [1.82, 2.24) is 4.90 Å². The van der Waals surface area contributed by atoms with Crippen molar-refractivity contribution in [2.45, 2.75) is 72.9 Å². The number of carbonyl (C=O) groups is 1. The molecular weight excluding hydrogens is 246 g/mol. The lowest BCUT2D eigenvalue weighted by atomic mass is 10.0. The van der Waals surface area contributed by atoms with Crippen LogP contribution in [0.1, 0.15) is 63.1 Å². The van der Waals surface area contributed by atoms with Crippen LogP contribution in [0.25, 0.3) is 0 Å². The molecule has 1 unspecified atom stereocenters. The van der Waals surface area contributed by atoms with Crippen molar-refractivity contribution in [3.05, 3.63) is 34.9 Å². The summed E-state index contributed by atoms with van der Waals surface area (Å²) in [5.41, 5.74) is 3.84. The van der Waals surface area contributed by atoms with Crippen LogP contribution in [0.15, 0.2) is 18.2 Å². The van der Waals surface area contributed by atoms with Crippen LogP contribution < -0.4 is 0 Å². The van der Waals surface area contributed by atoms with Gasteiger partial charge in [0.2, 0.25) is 5.91 Å². The minimum absolute atomic E-state index is 0.284. The first-order chi connectivity index (χ1) is 9.49. The van der Waals surface area contributed by atoms with Crippen molar-refractivity contribution in [1.29, 1.82) is 0 Å². The fourth-order valence-corrected chi connectivity index (χ4v) is 2.52. The molecule has 2 nitrogen and oxygen atoms in total. The molecule has 0 saturated carbocycles. The molecule has 0 fully saturated rings. The fourth-order valence-electron chi connectivity index (χ4n) is 2.52. The minimum Gasteiger partial charge on any atom is -0.336 e. The standard InChI is InChI=1S/C18H29NO/c1-6-8-16(5)19(18(20)9-7-2)13-17-11-10-14(3)15(4)12-17/h10-12,16H,6-9,13H2,1-5H3. The van der Waals surface area contributed by atoms with Gasteiger partial charge in [0.15, 0.2) is 0 Å². The normalized spacial score (nSPS) is 12.2. The van der Waals surface area contributed by atoms with E-state index < -0.39 is 0 Å². The van der Waals surface area contributed by atoms with Crippen molar-refractivity contribution in [3.63, 3.8) is 0 Å². The molecule has 0 N–H and O–H groups in total. The highest BCUT2D eigenvalue weighted by atomic mass is 16.2. The van der Waals surface area contributed by atoms with Gasteiger partial charge < -0.3 is 4.90 Å². The average molecular weight is 275 g/mol. The number of amides is 1. The Kier molecular flexibility index (Phi) is 6.77. The summed E-state index contributed by atoms with van der Waals surface area (Å²) in [6.45, 7) is 11.4. The van der Waals surface area contributed by atoms with E-state index >= 15 is 0 Å². The zero-order valence-electron chi connectivity index (χ0n) is 13.7. The molecule has 0 saturated heterocycles. The Balaban J connectivity index is 2.87. The van der Waals surface area contributed by atoms with E-state index in [1.54, 1.807) is 0 Å². The van der Waals surface area contributed by atoms with Crippen LogP contribution in [0.5, 0.6) is 0 Å². The highest BCUT2D eigenvalue weighted by Crippen LogP contribution is 2.17. The van der Waals surface area contributed by atoms with Gasteiger partial charge in [-0.1, -0.05) is 38.5 Å². The van der Waals surface area contributed by atoms with E-state index in [9.17, 15) is 4.79 Å². The first kappa shape index (κ1) is 16.7. The Morgan fingerprint density at radius 2 is 1.85 bits per heavy atom. The zero-order chi connectivity index (χ0) is 15.1. The SMILES string of the molecule is CCCC(=O)N(Cc1ccc(C)c(C)c1)C(C)CCC. The number of benzene rings is 1. The predicted molar refractivity (Wildman–Crippen MR) is 85.7 cm³/mol. The molecule has 0 aliphatic rings. The van der Waals surface area contributed by atoms with E-state index in [4.69, 9.17) is 0 Å². The molecule has 0 bridgehead atoms. The molecule has 0 heterocycles. The van der Waals surface area contributed by atoms with Gasteiger partial charge in [0.1, 0.15) is 0 Å². The van der Waals surface area contributed by atoms with Gasteiger partial charge in [-0.05, 0) is 50.3 Å². The van der Waals surface area contributed by atoms with Crippen molar-refractivity contribution < 1.29 is 4.79 Å². The summed E-state index contributed by atoms with van der Waals surface area (Å²) in [6.07, 6.45) is 3.75. The summed E-state index contributed by atoms with van der Waals surface area (Å²) in [6, 6.07) is 6.83. The first-order valence-electron chi connectivity index (χ1n) is 7.85. The molecule has 1 rings (SSSR count). The molecule has 2 heteroatoms. The lowest BCUT2D eigenvalue weighted by molar-refractivity contribution is -0.134. The van der Waals surface area contributed by atoms with E-state index in [1.807, 2.05) is 0 Å². The van der Waals surface area contributed by atoms with Crippen molar-refractivity contribution in [2.24, 2.45) is 0 Å². The van der Waals surface area contributed by atoms with Gasteiger partial charge >= 0.3 is 0 Å². The second-order valence-corrected chi connectivity index (χ2v) is 5.83. The monoisotopic (exact) mass is 275 g/mol. The smallest absolute Gasteiger partial charge is 0.223 e. The molecule has 1 aromatic rings. The molecule has 0 aliphatic carbocycles. The molecule has 1 atom stereocenters. The van der Waals surface area contributed by atoms with Crippen LogP contribution in [0.2, 0.25) is 0 Å². The summed E-state index contributed by atoms with van der Waals surface area (Å²) in [5, 5.41) is 0. The van der Waals surface area contributed by atoms with Crippen molar-refractivity contribution in [3.8, 4) is 0 Å². The van der Waals surface area contributed by atoms with Gasteiger partial charge in [-0.2, -0.15) is 0 Å². The highest BCUT2D eigenvalue weighted by molar-refractivity contribution is 5.76. The number of hydrogen-bond donors (Lipinski definition) is 0. The van der Waals surface area contributed by atoms with E-state index in [0.29, 0.717) is 12.5 Å². The third-order valence-corrected chi connectivity index (χ3v) is 3.95. The van der Waals surface area contributed by atoms with Crippen LogP contribution >= 0.6 is 0 Å². The number of aryl methyl sites for hydroxylation is 2. The maximum absolute atomic E-state index is 12.3. The van der Waals surface area contributed by atoms with Gasteiger partial charge in [-0.3, -0.25) is 4.79 Å².